The van der Waals surface area contributed by atoms with Crippen LogP contribution in [0.3, 0.4) is 0 Å². The second-order valence-electron chi connectivity index (χ2n) is 8.90. The van der Waals surface area contributed by atoms with Crippen molar-refractivity contribution in [1.82, 2.24) is 5.32 Å². The first kappa shape index (κ1) is 29.9. The lowest BCUT2D eigenvalue weighted by Gasteiger charge is -2.16. The topological polar surface area (TPSA) is 87.3 Å². The van der Waals surface area contributed by atoms with Crippen molar-refractivity contribution in [1.29, 1.82) is 0 Å². The van der Waals surface area contributed by atoms with Crippen LogP contribution >= 0.6 is 35.0 Å². The largest absolute Gasteiger partial charge is 0.325 e. The van der Waals surface area contributed by atoms with E-state index in [2.05, 4.69) is 16.0 Å². The number of hydrogen-bond acceptors (Lipinski definition) is 4. The Balaban J connectivity index is 1.48. The van der Waals surface area contributed by atoms with Crippen LogP contribution in [0.1, 0.15) is 29.3 Å². The first-order valence-electron chi connectivity index (χ1n) is 12.8. The summed E-state index contributed by atoms with van der Waals surface area (Å²) in [5.41, 5.74) is 2.36. The molecular weight excluding hydrogens is 577 g/mol. The average molecular weight is 605 g/mol. The summed E-state index contributed by atoms with van der Waals surface area (Å²) in [5.74, 6) is -1.06. The first-order valence-corrected chi connectivity index (χ1v) is 14.4. The Morgan fingerprint density at radius 2 is 1.46 bits per heavy atom. The molecule has 0 fully saturated rings. The van der Waals surface area contributed by atoms with Crippen molar-refractivity contribution in [2.24, 2.45) is 0 Å². The van der Waals surface area contributed by atoms with Gasteiger partial charge in [0.05, 0.1) is 15.3 Å². The van der Waals surface area contributed by atoms with Gasteiger partial charge in [0.15, 0.2) is 0 Å². The Hall–Kier alpha value is -4.04. The van der Waals surface area contributed by atoms with E-state index in [9.17, 15) is 14.4 Å². The number of hydrogen-bond donors (Lipinski definition) is 3. The Kier molecular flexibility index (Phi) is 10.6. The predicted octanol–water partition coefficient (Wildman–Crippen LogP) is 7.91. The van der Waals surface area contributed by atoms with E-state index in [4.69, 9.17) is 23.2 Å². The zero-order valence-electron chi connectivity index (χ0n) is 22.1. The van der Waals surface area contributed by atoms with Gasteiger partial charge in [0.1, 0.15) is 5.70 Å². The Labute approximate surface area is 253 Å². The van der Waals surface area contributed by atoms with Gasteiger partial charge < -0.3 is 16.0 Å². The molecule has 3 amide bonds. The summed E-state index contributed by atoms with van der Waals surface area (Å²) >= 11 is 13.4. The summed E-state index contributed by atoms with van der Waals surface area (Å²) in [6.07, 6.45) is 2.19. The minimum absolute atomic E-state index is 0.0931. The van der Waals surface area contributed by atoms with Gasteiger partial charge in [0, 0.05) is 21.8 Å². The molecule has 0 aliphatic carbocycles. The molecule has 4 rings (SSSR count). The predicted molar refractivity (Wildman–Crippen MR) is 168 cm³/mol. The molecule has 4 aromatic rings. The van der Waals surface area contributed by atoms with Gasteiger partial charge in [-0.25, -0.2) is 0 Å². The zero-order valence-corrected chi connectivity index (χ0v) is 24.4. The number of amides is 3. The highest BCUT2D eigenvalue weighted by molar-refractivity contribution is 8.00. The van der Waals surface area contributed by atoms with Crippen LogP contribution in [0.25, 0.3) is 6.08 Å². The van der Waals surface area contributed by atoms with Crippen molar-refractivity contribution in [3.63, 3.8) is 0 Å². The molecule has 41 heavy (non-hydrogen) atoms. The van der Waals surface area contributed by atoms with Crippen LogP contribution in [0.4, 0.5) is 11.4 Å². The third-order valence-corrected chi connectivity index (χ3v) is 7.96. The third kappa shape index (κ3) is 8.72. The average Bonchev–Trinajstić information content (AvgIpc) is 2.98. The summed E-state index contributed by atoms with van der Waals surface area (Å²) in [6, 6.07) is 30.1. The molecule has 0 saturated carbocycles. The van der Waals surface area contributed by atoms with Crippen LogP contribution in [0, 0.1) is 0 Å². The fraction of sp³-hybridized carbons (Fsp3) is 0.0938. The number of carbonyl (C=O) groups excluding carboxylic acids is 3. The lowest BCUT2D eigenvalue weighted by Crippen LogP contribution is -2.30. The molecule has 4 aromatic carbocycles. The van der Waals surface area contributed by atoms with Crippen molar-refractivity contribution in [2.45, 2.75) is 23.5 Å². The Morgan fingerprint density at radius 1 is 0.780 bits per heavy atom. The molecule has 1 unspecified atom stereocenters. The van der Waals surface area contributed by atoms with E-state index >= 15 is 0 Å². The summed E-state index contributed by atoms with van der Waals surface area (Å²) in [7, 11) is 0. The van der Waals surface area contributed by atoms with Crippen LogP contribution in [0.15, 0.2) is 114 Å². The highest BCUT2D eigenvalue weighted by Crippen LogP contribution is 2.30. The van der Waals surface area contributed by atoms with Gasteiger partial charge in [-0.2, -0.15) is 0 Å². The highest BCUT2D eigenvalue weighted by Gasteiger charge is 2.20. The number of halogens is 2. The first-order chi connectivity index (χ1) is 19.8. The second-order valence-corrected chi connectivity index (χ2v) is 11.0. The number of rotatable bonds is 10. The van der Waals surface area contributed by atoms with E-state index in [1.165, 1.54) is 11.8 Å². The molecule has 6 nitrogen and oxygen atoms in total. The lowest BCUT2D eigenvalue weighted by molar-refractivity contribution is -0.116. The van der Waals surface area contributed by atoms with Crippen LogP contribution < -0.4 is 16.0 Å². The van der Waals surface area contributed by atoms with E-state index in [0.717, 1.165) is 10.5 Å². The fourth-order valence-electron chi connectivity index (χ4n) is 3.79. The van der Waals surface area contributed by atoms with Crippen molar-refractivity contribution in [3.8, 4) is 0 Å². The summed E-state index contributed by atoms with van der Waals surface area (Å²) < 4.78 is 0. The van der Waals surface area contributed by atoms with Crippen molar-refractivity contribution < 1.29 is 14.4 Å². The zero-order chi connectivity index (χ0) is 29.2. The molecule has 0 heterocycles. The third-order valence-electron chi connectivity index (χ3n) is 5.86. The molecule has 0 aromatic heterocycles. The second kappa shape index (κ2) is 14.6. The normalized spacial score (nSPS) is 11.8. The van der Waals surface area contributed by atoms with Gasteiger partial charge in [0.25, 0.3) is 11.8 Å². The Morgan fingerprint density at radius 3 is 2.15 bits per heavy atom. The molecule has 0 saturated heterocycles. The van der Waals surface area contributed by atoms with Gasteiger partial charge >= 0.3 is 0 Å². The monoisotopic (exact) mass is 603 g/mol. The molecule has 0 radical (unpaired) electrons. The van der Waals surface area contributed by atoms with E-state index < -0.39 is 17.1 Å². The van der Waals surface area contributed by atoms with Gasteiger partial charge in [-0.15, -0.1) is 11.8 Å². The number of benzene rings is 4. The number of nitrogens with one attached hydrogen (secondary N) is 3. The summed E-state index contributed by atoms with van der Waals surface area (Å²) in [6.45, 7) is 1.92. The number of thioether (sulfide) groups is 1. The minimum Gasteiger partial charge on any atom is -0.325 e. The fourth-order valence-corrected chi connectivity index (χ4v) is 5.10. The molecule has 9 heteroatoms. The van der Waals surface area contributed by atoms with Gasteiger partial charge in [-0.3, -0.25) is 14.4 Å². The molecule has 0 bridgehead atoms. The van der Waals surface area contributed by atoms with Crippen LogP contribution in [0.5, 0.6) is 0 Å². The highest BCUT2D eigenvalue weighted by atomic mass is 35.5. The lowest BCUT2D eigenvalue weighted by atomic mass is 10.1. The van der Waals surface area contributed by atoms with Gasteiger partial charge in [-0.05, 0) is 66.6 Å². The van der Waals surface area contributed by atoms with Gasteiger partial charge in [0.2, 0.25) is 5.91 Å². The summed E-state index contributed by atoms with van der Waals surface area (Å²) in [5, 5.41) is 8.85. The SMILES string of the molecule is CCC(Sc1cccc(NC(=O)/C(=C/c2ccccc2)NC(=O)c2ccccc2)c1)C(=O)Nc1ccc(Cl)c(Cl)c1. The van der Waals surface area contributed by atoms with E-state index in [1.807, 2.05) is 49.4 Å². The van der Waals surface area contributed by atoms with Crippen LogP contribution in [0.2, 0.25) is 10.0 Å². The molecular formula is C32H27Cl2N3O3S. The maximum Gasteiger partial charge on any atom is 0.272 e. The number of anilines is 2. The van der Waals surface area contributed by atoms with Gasteiger partial charge in [-0.1, -0.05) is 84.7 Å². The van der Waals surface area contributed by atoms with E-state index in [-0.39, 0.29) is 11.6 Å². The standard InChI is InChI=1S/C32H27Cl2N3O3S/c1-2-29(32(40)36-24-16-17-26(33)27(34)20-24)41-25-15-9-14-23(19-25)35-31(39)28(18-21-10-5-3-6-11-21)37-30(38)22-12-7-4-8-13-22/h3-20,29H,2H2,1H3,(H,35,39)(H,36,40)(H,37,38)/b28-18-. The van der Waals surface area contributed by atoms with Crippen molar-refractivity contribution in [3.05, 3.63) is 130 Å². The summed E-state index contributed by atoms with van der Waals surface area (Å²) in [4.78, 5) is 40.0. The molecule has 208 valence electrons. The molecule has 1 atom stereocenters. The maximum absolute atomic E-state index is 13.4. The van der Waals surface area contributed by atoms with E-state index in [0.29, 0.717) is 33.4 Å². The van der Waals surface area contributed by atoms with Crippen LogP contribution in [-0.2, 0) is 9.59 Å². The minimum atomic E-state index is -0.482. The Bertz CT molecular complexity index is 1560. The smallest absolute Gasteiger partial charge is 0.272 e. The quantitative estimate of drug-likeness (QED) is 0.127. The molecule has 0 spiro atoms. The maximum atomic E-state index is 13.4. The van der Waals surface area contributed by atoms with Crippen LogP contribution in [-0.4, -0.2) is 23.0 Å². The molecule has 3 N–H and O–H groups in total. The van der Waals surface area contributed by atoms with Crippen molar-refractivity contribution in [2.75, 3.05) is 10.6 Å². The van der Waals surface area contributed by atoms with E-state index in [1.54, 1.807) is 66.7 Å². The molecule has 0 aliphatic rings. The molecule has 0 aliphatic heterocycles. The van der Waals surface area contributed by atoms with Crippen molar-refractivity contribution >= 4 is 70.1 Å². The number of carbonyl (C=O) groups is 3.